The first-order valence-electron chi connectivity index (χ1n) is 10.2. The minimum absolute atomic E-state index is 0.0675. The quantitative estimate of drug-likeness (QED) is 0.496. The van der Waals surface area contributed by atoms with Crippen LogP contribution in [0.2, 0.25) is 0 Å². The van der Waals surface area contributed by atoms with Crippen molar-refractivity contribution < 1.29 is 9.59 Å². The number of aromatic nitrogens is 2. The monoisotopic (exact) mass is 444 g/mol. The number of thiophene rings is 1. The molecule has 160 valence electrons. The Morgan fingerprint density at radius 3 is 2.77 bits per heavy atom. The number of carbonyl (C=O) groups is 2. The summed E-state index contributed by atoms with van der Waals surface area (Å²) in [6.07, 6.45) is 3.78. The van der Waals surface area contributed by atoms with E-state index < -0.39 is 0 Å². The van der Waals surface area contributed by atoms with Gasteiger partial charge in [0.15, 0.2) is 0 Å². The van der Waals surface area contributed by atoms with Gasteiger partial charge in [0.1, 0.15) is 10.7 Å². The molecule has 1 unspecified atom stereocenters. The molecule has 0 saturated carbocycles. The molecule has 1 N–H and O–H groups in total. The van der Waals surface area contributed by atoms with Gasteiger partial charge in [0.25, 0.3) is 11.8 Å². The van der Waals surface area contributed by atoms with Crippen LogP contribution >= 0.6 is 22.7 Å². The molecule has 2 amide bonds. The van der Waals surface area contributed by atoms with Crippen LogP contribution in [-0.2, 0) is 13.1 Å². The topological polar surface area (TPSA) is 67.2 Å². The average molecular weight is 445 g/mol. The van der Waals surface area contributed by atoms with Crippen molar-refractivity contribution in [2.75, 3.05) is 6.54 Å². The van der Waals surface area contributed by atoms with Crippen molar-refractivity contribution in [1.29, 1.82) is 0 Å². The van der Waals surface area contributed by atoms with Crippen LogP contribution in [0.3, 0.4) is 0 Å². The van der Waals surface area contributed by atoms with Crippen molar-refractivity contribution in [3.8, 4) is 0 Å². The number of nitrogens with zero attached hydrogens (tertiary/aromatic N) is 3. The molecule has 0 spiro atoms. The highest BCUT2D eigenvalue weighted by molar-refractivity contribution is 7.12. The van der Waals surface area contributed by atoms with Crippen molar-refractivity contribution in [1.82, 2.24) is 19.8 Å². The summed E-state index contributed by atoms with van der Waals surface area (Å²) in [4.78, 5) is 32.3. The van der Waals surface area contributed by atoms with E-state index in [1.807, 2.05) is 54.6 Å². The number of thiazole rings is 1. The van der Waals surface area contributed by atoms with Crippen LogP contribution in [0.15, 0.2) is 41.2 Å². The maximum Gasteiger partial charge on any atom is 0.270 e. The Morgan fingerprint density at radius 1 is 1.23 bits per heavy atom. The summed E-state index contributed by atoms with van der Waals surface area (Å²) in [5.41, 5.74) is 1.51. The van der Waals surface area contributed by atoms with Gasteiger partial charge in [-0.3, -0.25) is 9.59 Å². The third-order valence-electron chi connectivity index (χ3n) is 4.87. The van der Waals surface area contributed by atoms with Crippen LogP contribution < -0.4 is 5.32 Å². The highest BCUT2D eigenvalue weighted by atomic mass is 32.1. The smallest absolute Gasteiger partial charge is 0.270 e. The Hall–Kier alpha value is -2.45. The highest BCUT2D eigenvalue weighted by Gasteiger charge is 2.18. The summed E-state index contributed by atoms with van der Waals surface area (Å²) < 4.78 is 2.10. The fourth-order valence-corrected chi connectivity index (χ4v) is 4.52. The molecule has 3 heterocycles. The van der Waals surface area contributed by atoms with Crippen molar-refractivity contribution in [2.24, 2.45) is 0 Å². The fraction of sp³-hybridized carbons (Fsp3) is 0.409. The summed E-state index contributed by atoms with van der Waals surface area (Å²) in [7, 11) is 0. The number of amides is 2. The molecule has 3 aromatic rings. The van der Waals surface area contributed by atoms with Crippen molar-refractivity contribution in [3.63, 3.8) is 0 Å². The van der Waals surface area contributed by atoms with Crippen LogP contribution in [0.1, 0.15) is 64.5 Å². The van der Waals surface area contributed by atoms with Gasteiger partial charge in [0.2, 0.25) is 0 Å². The van der Waals surface area contributed by atoms with E-state index >= 15 is 0 Å². The normalized spacial score (nSPS) is 12.0. The standard InChI is InChI=1S/C22H28N4O2S2/c1-4-10-26(22(28)19-9-7-12-29-19)13-17-8-6-11-25(17)14-20-24-18(15-30-20)21(27)23-16(3)5-2/h6-9,11-12,15-16H,4-5,10,13-14H2,1-3H3,(H,23,27). The molecule has 8 heteroatoms. The summed E-state index contributed by atoms with van der Waals surface area (Å²) in [5, 5.41) is 7.55. The van der Waals surface area contributed by atoms with Crippen molar-refractivity contribution in [2.45, 2.75) is 52.7 Å². The molecule has 6 nitrogen and oxygen atoms in total. The van der Waals surface area contributed by atoms with E-state index in [9.17, 15) is 9.59 Å². The van der Waals surface area contributed by atoms with Gasteiger partial charge in [0, 0.05) is 29.9 Å². The van der Waals surface area contributed by atoms with E-state index in [2.05, 4.69) is 21.8 Å². The first-order chi connectivity index (χ1) is 14.5. The number of rotatable bonds is 10. The fourth-order valence-electron chi connectivity index (χ4n) is 3.05. The summed E-state index contributed by atoms with van der Waals surface area (Å²) in [6, 6.07) is 7.93. The predicted molar refractivity (Wildman–Crippen MR) is 122 cm³/mol. The van der Waals surface area contributed by atoms with Gasteiger partial charge in [-0.05, 0) is 43.3 Å². The zero-order valence-electron chi connectivity index (χ0n) is 17.6. The maximum atomic E-state index is 12.9. The van der Waals surface area contributed by atoms with E-state index in [0.717, 1.165) is 28.4 Å². The second-order valence-electron chi connectivity index (χ2n) is 7.24. The minimum Gasteiger partial charge on any atom is -0.348 e. The number of hydrogen-bond donors (Lipinski definition) is 1. The summed E-state index contributed by atoms with van der Waals surface area (Å²) >= 11 is 2.95. The maximum absolute atomic E-state index is 12.9. The molecule has 0 saturated heterocycles. The molecule has 0 aliphatic carbocycles. The molecular weight excluding hydrogens is 416 g/mol. The number of hydrogen-bond acceptors (Lipinski definition) is 5. The molecule has 30 heavy (non-hydrogen) atoms. The van der Waals surface area contributed by atoms with Gasteiger partial charge in [0.05, 0.1) is 18.0 Å². The second kappa shape index (κ2) is 10.5. The minimum atomic E-state index is -0.129. The average Bonchev–Trinajstić information content (AvgIpc) is 3.50. The van der Waals surface area contributed by atoms with Gasteiger partial charge >= 0.3 is 0 Å². The van der Waals surface area contributed by atoms with Crippen LogP contribution in [-0.4, -0.2) is 38.9 Å². The zero-order valence-corrected chi connectivity index (χ0v) is 19.3. The molecule has 0 radical (unpaired) electrons. The molecule has 0 aliphatic heterocycles. The molecule has 0 aromatic carbocycles. The van der Waals surface area contributed by atoms with Gasteiger partial charge in [-0.25, -0.2) is 4.98 Å². The highest BCUT2D eigenvalue weighted by Crippen LogP contribution is 2.18. The van der Waals surface area contributed by atoms with Crippen molar-refractivity contribution in [3.05, 3.63) is 62.5 Å². The first-order valence-corrected chi connectivity index (χ1v) is 12.0. The Morgan fingerprint density at radius 2 is 2.07 bits per heavy atom. The van der Waals surface area contributed by atoms with Gasteiger partial charge in [-0.2, -0.15) is 0 Å². The largest absolute Gasteiger partial charge is 0.348 e. The van der Waals surface area contributed by atoms with Crippen LogP contribution in [0, 0.1) is 0 Å². The number of nitrogens with one attached hydrogen (secondary N) is 1. The van der Waals surface area contributed by atoms with E-state index in [0.29, 0.717) is 25.3 Å². The lowest BCUT2D eigenvalue weighted by atomic mass is 10.2. The molecule has 0 bridgehead atoms. The SMILES string of the molecule is CCCN(Cc1cccn1Cc1nc(C(=O)NC(C)CC)cs1)C(=O)c1cccs1. The molecule has 1 atom stereocenters. The van der Waals surface area contributed by atoms with E-state index in [4.69, 9.17) is 0 Å². The Balaban J connectivity index is 1.69. The first kappa shape index (κ1) is 22.2. The van der Waals surface area contributed by atoms with Crippen LogP contribution in [0.25, 0.3) is 0 Å². The number of carbonyl (C=O) groups excluding carboxylic acids is 2. The van der Waals surface area contributed by atoms with Crippen molar-refractivity contribution >= 4 is 34.5 Å². The second-order valence-corrected chi connectivity index (χ2v) is 9.13. The molecule has 3 rings (SSSR count). The summed E-state index contributed by atoms with van der Waals surface area (Å²) in [6.45, 7) is 7.93. The third-order valence-corrected chi connectivity index (χ3v) is 6.56. The van der Waals surface area contributed by atoms with Gasteiger partial charge in [-0.15, -0.1) is 22.7 Å². The lowest BCUT2D eigenvalue weighted by Gasteiger charge is -2.22. The van der Waals surface area contributed by atoms with Gasteiger partial charge < -0.3 is 14.8 Å². The summed E-state index contributed by atoms with van der Waals surface area (Å²) in [5.74, 6) is -0.0619. The van der Waals surface area contributed by atoms with E-state index in [1.54, 1.807) is 5.38 Å². The van der Waals surface area contributed by atoms with Gasteiger partial charge in [-0.1, -0.05) is 19.9 Å². The predicted octanol–water partition coefficient (Wildman–Crippen LogP) is 4.64. The molecule has 0 aliphatic rings. The Labute approximate surface area is 185 Å². The van der Waals surface area contributed by atoms with E-state index in [-0.39, 0.29) is 17.9 Å². The lowest BCUT2D eigenvalue weighted by Crippen LogP contribution is -2.32. The molecular formula is C22H28N4O2S2. The molecule has 3 aromatic heterocycles. The van der Waals surface area contributed by atoms with E-state index in [1.165, 1.54) is 22.7 Å². The molecule has 0 fully saturated rings. The van der Waals surface area contributed by atoms with Crippen LogP contribution in [0.4, 0.5) is 0 Å². The Kier molecular flexibility index (Phi) is 7.81. The van der Waals surface area contributed by atoms with Crippen LogP contribution in [0.5, 0.6) is 0 Å². The third kappa shape index (κ3) is 5.58. The Bertz CT molecular complexity index is 962. The lowest BCUT2D eigenvalue weighted by molar-refractivity contribution is 0.0744. The zero-order chi connectivity index (χ0) is 21.5.